The molecule has 0 saturated heterocycles. The maximum Gasteiger partial charge on any atom is 0.158 e. The molecule has 0 spiro atoms. The molecular weight excluding hydrogens is 300 g/mol. The first-order valence-corrected chi connectivity index (χ1v) is 8.20. The molecule has 0 amide bonds. The van der Waals surface area contributed by atoms with Crippen LogP contribution in [-0.4, -0.2) is 29.2 Å². The summed E-state index contributed by atoms with van der Waals surface area (Å²) in [5.74, 6) is 0.484. The van der Waals surface area contributed by atoms with Gasteiger partial charge < -0.3 is 0 Å². The van der Waals surface area contributed by atoms with Crippen LogP contribution in [-0.2, 0) is 0 Å². The van der Waals surface area contributed by atoms with Crippen LogP contribution in [0.25, 0.3) is 11.3 Å². The third-order valence-corrected chi connectivity index (χ3v) is 3.29. The summed E-state index contributed by atoms with van der Waals surface area (Å²) < 4.78 is 3.56. The quantitative estimate of drug-likeness (QED) is 0.532. The van der Waals surface area contributed by atoms with Crippen molar-refractivity contribution in [3.63, 3.8) is 0 Å². The molecule has 0 radical (unpaired) electrons. The Morgan fingerprint density at radius 2 is 1.62 bits per heavy atom. The van der Waals surface area contributed by atoms with Crippen molar-refractivity contribution < 1.29 is 0 Å². The van der Waals surface area contributed by atoms with E-state index in [1.807, 2.05) is 57.6 Å². The second-order valence-corrected chi connectivity index (χ2v) is 5.35. The van der Waals surface area contributed by atoms with Crippen LogP contribution in [0.3, 0.4) is 0 Å². The van der Waals surface area contributed by atoms with Gasteiger partial charge >= 0.3 is 0 Å². The van der Waals surface area contributed by atoms with Crippen molar-refractivity contribution in [1.82, 2.24) is 29.2 Å². The van der Waals surface area contributed by atoms with Gasteiger partial charge in [-0.3, -0.25) is 0 Å². The van der Waals surface area contributed by atoms with Gasteiger partial charge in [-0.1, -0.05) is 27.7 Å². The van der Waals surface area contributed by atoms with E-state index in [-0.39, 0.29) is 0 Å². The van der Waals surface area contributed by atoms with Crippen LogP contribution in [0.2, 0.25) is 0 Å². The highest BCUT2D eigenvalue weighted by atomic mass is 15.2. The lowest BCUT2D eigenvalue weighted by Crippen LogP contribution is -1.90. The minimum atomic E-state index is 0.484. The summed E-state index contributed by atoms with van der Waals surface area (Å²) in [6.07, 6.45) is 9.23. The molecule has 0 saturated carbocycles. The van der Waals surface area contributed by atoms with Crippen LogP contribution in [0, 0.1) is 6.92 Å². The number of hydrogen-bond acceptors (Lipinski definition) is 4. The molecule has 6 nitrogen and oxygen atoms in total. The van der Waals surface area contributed by atoms with Crippen molar-refractivity contribution in [3.8, 4) is 0 Å². The molecule has 24 heavy (non-hydrogen) atoms. The Kier molecular flexibility index (Phi) is 6.01. The van der Waals surface area contributed by atoms with Crippen molar-refractivity contribution in [2.45, 2.75) is 40.5 Å². The second-order valence-electron chi connectivity index (χ2n) is 5.35. The highest BCUT2D eigenvalue weighted by Gasteiger charge is 2.07. The first-order chi connectivity index (χ1) is 11.6. The standard InChI is InChI=1S/C9H11N3.C7H7N3.C2H6/c1-7(2)8-6-11-12-5-3-4-10-9(8)12;1-6-5-7-8-3-2-4-10(7)9-6;1-2/h3-7H,1-2H3;2-5H,1H3;1-2H3. The van der Waals surface area contributed by atoms with Crippen molar-refractivity contribution in [3.05, 3.63) is 60.4 Å². The Labute approximate surface area is 142 Å². The number of aromatic nitrogens is 6. The van der Waals surface area contributed by atoms with Gasteiger partial charge in [-0.15, -0.1) is 0 Å². The van der Waals surface area contributed by atoms with E-state index in [0.717, 1.165) is 17.0 Å². The molecule has 4 rings (SSSR count). The highest BCUT2D eigenvalue weighted by Crippen LogP contribution is 2.17. The fourth-order valence-electron chi connectivity index (χ4n) is 2.20. The number of fused-ring (bicyclic) bond motifs is 2. The minimum Gasteiger partial charge on any atom is -0.237 e. The lowest BCUT2D eigenvalue weighted by Gasteiger charge is -1.99. The largest absolute Gasteiger partial charge is 0.237 e. The van der Waals surface area contributed by atoms with Gasteiger partial charge in [0.1, 0.15) is 0 Å². The topological polar surface area (TPSA) is 60.4 Å². The Balaban J connectivity index is 0.000000160. The Morgan fingerprint density at radius 3 is 2.29 bits per heavy atom. The average Bonchev–Trinajstić information content (AvgIpc) is 3.19. The lowest BCUT2D eigenvalue weighted by atomic mass is 10.1. The maximum absolute atomic E-state index is 4.26. The zero-order valence-electron chi connectivity index (χ0n) is 14.9. The highest BCUT2D eigenvalue weighted by molar-refractivity contribution is 5.47. The summed E-state index contributed by atoms with van der Waals surface area (Å²) in [7, 11) is 0. The van der Waals surface area contributed by atoms with E-state index >= 15 is 0 Å². The predicted octanol–water partition coefficient (Wildman–Crippen LogP) is 3.92. The van der Waals surface area contributed by atoms with Gasteiger partial charge in [-0.05, 0) is 25.0 Å². The molecule has 6 heteroatoms. The van der Waals surface area contributed by atoms with Gasteiger partial charge in [0, 0.05) is 36.4 Å². The SMILES string of the molecule is CC.CC(C)c1cnn2cccnc12.Cc1cc2ncccn2n1. The van der Waals surface area contributed by atoms with E-state index in [1.54, 1.807) is 21.4 Å². The van der Waals surface area contributed by atoms with Gasteiger partial charge in [0.15, 0.2) is 11.3 Å². The predicted molar refractivity (Wildman–Crippen MR) is 96.1 cm³/mol. The molecule has 4 aromatic rings. The van der Waals surface area contributed by atoms with E-state index in [1.165, 1.54) is 5.56 Å². The van der Waals surface area contributed by atoms with Gasteiger partial charge in [0.25, 0.3) is 0 Å². The summed E-state index contributed by atoms with van der Waals surface area (Å²) in [4.78, 5) is 8.37. The number of rotatable bonds is 1. The molecule has 0 aromatic carbocycles. The first kappa shape index (κ1) is 17.6. The lowest BCUT2D eigenvalue weighted by molar-refractivity contribution is 0.871. The molecule has 0 aliphatic carbocycles. The summed E-state index contributed by atoms with van der Waals surface area (Å²) >= 11 is 0. The molecule has 0 fully saturated rings. The van der Waals surface area contributed by atoms with Crippen molar-refractivity contribution in [1.29, 1.82) is 0 Å². The first-order valence-electron chi connectivity index (χ1n) is 8.20. The van der Waals surface area contributed by atoms with E-state index < -0.39 is 0 Å². The summed E-state index contributed by atoms with van der Waals surface area (Å²) in [6, 6.07) is 5.68. The van der Waals surface area contributed by atoms with Crippen LogP contribution < -0.4 is 0 Å². The molecule has 4 heterocycles. The summed E-state index contributed by atoms with van der Waals surface area (Å²) in [5, 5.41) is 8.36. The Hall–Kier alpha value is -2.76. The molecule has 126 valence electrons. The third-order valence-electron chi connectivity index (χ3n) is 3.29. The Bertz CT molecular complexity index is 857. The normalized spacial score (nSPS) is 10.2. The zero-order chi connectivity index (χ0) is 17.5. The molecule has 0 bridgehead atoms. The molecule has 0 unspecified atom stereocenters. The van der Waals surface area contributed by atoms with E-state index in [9.17, 15) is 0 Å². The fraction of sp³-hybridized carbons (Fsp3) is 0.333. The molecule has 4 aromatic heterocycles. The molecule has 0 N–H and O–H groups in total. The molecule has 0 aliphatic heterocycles. The zero-order valence-corrected chi connectivity index (χ0v) is 14.9. The van der Waals surface area contributed by atoms with Crippen LogP contribution in [0.4, 0.5) is 0 Å². The minimum absolute atomic E-state index is 0.484. The Morgan fingerprint density at radius 1 is 0.958 bits per heavy atom. The van der Waals surface area contributed by atoms with E-state index in [2.05, 4.69) is 34.0 Å². The fourth-order valence-corrected chi connectivity index (χ4v) is 2.20. The van der Waals surface area contributed by atoms with E-state index in [4.69, 9.17) is 0 Å². The van der Waals surface area contributed by atoms with Crippen molar-refractivity contribution >= 4 is 11.3 Å². The number of aryl methyl sites for hydroxylation is 1. The second kappa shape index (κ2) is 8.19. The van der Waals surface area contributed by atoms with Gasteiger partial charge in [-0.2, -0.15) is 10.2 Å². The van der Waals surface area contributed by atoms with Gasteiger partial charge in [0.05, 0.1) is 11.9 Å². The van der Waals surface area contributed by atoms with E-state index in [0.29, 0.717) is 5.92 Å². The van der Waals surface area contributed by atoms with Gasteiger partial charge in [0.2, 0.25) is 0 Å². The number of hydrogen-bond donors (Lipinski definition) is 0. The summed E-state index contributed by atoms with van der Waals surface area (Å²) in [5.41, 5.74) is 4.07. The molecular formula is C18H24N6. The van der Waals surface area contributed by atoms with Crippen LogP contribution in [0.15, 0.2) is 49.2 Å². The van der Waals surface area contributed by atoms with Crippen LogP contribution in [0.1, 0.15) is 44.9 Å². The van der Waals surface area contributed by atoms with Crippen molar-refractivity contribution in [2.24, 2.45) is 0 Å². The van der Waals surface area contributed by atoms with Crippen LogP contribution >= 0.6 is 0 Å². The third kappa shape index (κ3) is 3.95. The monoisotopic (exact) mass is 324 g/mol. The summed E-state index contributed by atoms with van der Waals surface area (Å²) in [6.45, 7) is 10.2. The van der Waals surface area contributed by atoms with Crippen molar-refractivity contribution in [2.75, 3.05) is 0 Å². The smallest absolute Gasteiger partial charge is 0.158 e. The molecule has 0 atom stereocenters. The number of nitrogens with zero attached hydrogens (tertiary/aromatic N) is 6. The maximum atomic E-state index is 4.26. The average molecular weight is 324 g/mol. The van der Waals surface area contributed by atoms with Crippen LogP contribution in [0.5, 0.6) is 0 Å². The van der Waals surface area contributed by atoms with Gasteiger partial charge in [-0.25, -0.2) is 19.0 Å². The molecule has 0 aliphatic rings.